The summed E-state index contributed by atoms with van der Waals surface area (Å²) < 4.78 is 29.2. The second-order valence-corrected chi connectivity index (χ2v) is 8.22. The molecule has 1 saturated heterocycles. The average molecular weight is 431 g/mol. The van der Waals surface area contributed by atoms with Crippen molar-refractivity contribution in [1.82, 2.24) is 14.9 Å². The minimum Gasteiger partial charge on any atom is -0.417 e. The van der Waals surface area contributed by atoms with Crippen LogP contribution in [-0.4, -0.2) is 47.5 Å². The van der Waals surface area contributed by atoms with E-state index in [2.05, 4.69) is 33.9 Å². The maximum Gasteiger partial charge on any atom is 0.388 e. The number of nitrogens with zero attached hydrogens (tertiary/aromatic N) is 4. The van der Waals surface area contributed by atoms with E-state index >= 15 is 0 Å². The Morgan fingerprint density at radius 3 is 2.77 bits per heavy atom. The number of anilines is 2. The standard InChI is InChI=1S/C22H27F2N5O2/c1-12-13(2)27-21(25-4)17-11-29(14(3)20(12)17)19(30)7-15-9-28(10-15)16-5-6-26-18(8-16)31-22(23)24/h5-6,8,14-15,22H,7,9-11H2,1-4H3,(H,25,27). The van der Waals surface area contributed by atoms with E-state index in [1.54, 1.807) is 6.07 Å². The average Bonchev–Trinajstić information content (AvgIpc) is 3.04. The molecule has 31 heavy (non-hydrogen) atoms. The van der Waals surface area contributed by atoms with E-state index in [4.69, 9.17) is 0 Å². The molecule has 0 aliphatic carbocycles. The molecule has 0 bridgehead atoms. The van der Waals surface area contributed by atoms with Gasteiger partial charge in [0.25, 0.3) is 0 Å². The zero-order valence-corrected chi connectivity index (χ0v) is 18.2. The number of rotatable bonds is 6. The van der Waals surface area contributed by atoms with Gasteiger partial charge in [0, 0.05) is 61.7 Å². The maximum absolute atomic E-state index is 13.1. The SMILES string of the molecule is CNc1nc(C)c(C)c2c1CN(C(=O)CC1CN(c3ccnc(OC(F)F)c3)C1)C2C. The molecule has 2 aromatic rings. The van der Waals surface area contributed by atoms with E-state index in [1.807, 2.05) is 23.8 Å². The van der Waals surface area contributed by atoms with Crippen molar-refractivity contribution in [1.29, 1.82) is 0 Å². The van der Waals surface area contributed by atoms with E-state index in [0.717, 1.165) is 28.3 Å². The van der Waals surface area contributed by atoms with Crippen molar-refractivity contribution in [2.45, 2.75) is 46.4 Å². The largest absolute Gasteiger partial charge is 0.417 e. The summed E-state index contributed by atoms with van der Waals surface area (Å²) in [6.07, 6.45) is 1.91. The maximum atomic E-state index is 13.1. The summed E-state index contributed by atoms with van der Waals surface area (Å²) in [7, 11) is 1.85. The summed E-state index contributed by atoms with van der Waals surface area (Å²) in [5.41, 5.74) is 5.19. The Labute approximate surface area is 180 Å². The normalized spacial score (nSPS) is 18.2. The Balaban J connectivity index is 1.38. The topological polar surface area (TPSA) is 70.6 Å². The van der Waals surface area contributed by atoms with Gasteiger partial charge in [-0.1, -0.05) is 0 Å². The van der Waals surface area contributed by atoms with Gasteiger partial charge in [-0.3, -0.25) is 4.79 Å². The monoisotopic (exact) mass is 431 g/mol. The Morgan fingerprint density at radius 2 is 2.10 bits per heavy atom. The van der Waals surface area contributed by atoms with Crippen molar-refractivity contribution in [3.63, 3.8) is 0 Å². The van der Waals surface area contributed by atoms with Crippen LogP contribution in [0, 0.1) is 19.8 Å². The van der Waals surface area contributed by atoms with Crippen LogP contribution in [0.2, 0.25) is 0 Å². The number of carbonyl (C=O) groups is 1. The van der Waals surface area contributed by atoms with Crippen molar-refractivity contribution in [2.24, 2.45) is 5.92 Å². The molecule has 166 valence electrons. The second-order valence-electron chi connectivity index (χ2n) is 8.22. The fraction of sp³-hybridized carbons (Fsp3) is 0.500. The lowest BCUT2D eigenvalue weighted by atomic mass is 9.94. The number of alkyl halides is 2. The molecule has 0 aromatic carbocycles. The molecule has 2 aliphatic heterocycles. The van der Waals surface area contributed by atoms with Crippen LogP contribution in [0.4, 0.5) is 20.3 Å². The third-order valence-corrected chi connectivity index (χ3v) is 6.32. The number of fused-ring (bicyclic) bond motifs is 1. The Kier molecular flexibility index (Phi) is 5.68. The van der Waals surface area contributed by atoms with Crippen molar-refractivity contribution >= 4 is 17.4 Å². The number of pyridine rings is 2. The quantitative estimate of drug-likeness (QED) is 0.753. The van der Waals surface area contributed by atoms with Gasteiger partial charge >= 0.3 is 6.61 Å². The van der Waals surface area contributed by atoms with E-state index in [-0.39, 0.29) is 23.7 Å². The van der Waals surface area contributed by atoms with Crippen LogP contribution in [0.15, 0.2) is 18.3 Å². The molecular formula is C22H27F2N5O2. The summed E-state index contributed by atoms with van der Waals surface area (Å²) in [6, 6.07) is 3.27. The van der Waals surface area contributed by atoms with Crippen LogP contribution in [0.3, 0.4) is 0 Å². The fourth-order valence-corrected chi connectivity index (χ4v) is 4.59. The predicted octanol–water partition coefficient (Wildman–Crippen LogP) is 3.67. The van der Waals surface area contributed by atoms with Crippen LogP contribution >= 0.6 is 0 Å². The number of hydrogen-bond donors (Lipinski definition) is 1. The number of aryl methyl sites for hydroxylation is 1. The highest BCUT2D eigenvalue weighted by atomic mass is 19.3. The highest BCUT2D eigenvalue weighted by Crippen LogP contribution is 2.40. The number of hydrogen-bond acceptors (Lipinski definition) is 6. The van der Waals surface area contributed by atoms with Gasteiger partial charge in [0.05, 0.1) is 12.6 Å². The van der Waals surface area contributed by atoms with Gasteiger partial charge in [0.15, 0.2) is 0 Å². The molecule has 7 nitrogen and oxygen atoms in total. The van der Waals surface area contributed by atoms with Crippen molar-refractivity contribution in [2.75, 3.05) is 30.4 Å². The zero-order chi connectivity index (χ0) is 22.3. The van der Waals surface area contributed by atoms with Gasteiger partial charge in [-0.25, -0.2) is 9.97 Å². The highest BCUT2D eigenvalue weighted by molar-refractivity contribution is 5.79. The predicted molar refractivity (Wildman–Crippen MR) is 113 cm³/mol. The number of ether oxygens (including phenoxy) is 1. The highest BCUT2D eigenvalue weighted by Gasteiger charge is 2.37. The summed E-state index contributed by atoms with van der Waals surface area (Å²) >= 11 is 0. The molecule has 9 heteroatoms. The molecule has 2 aromatic heterocycles. The molecule has 1 N–H and O–H groups in total. The summed E-state index contributed by atoms with van der Waals surface area (Å²) in [5.74, 6) is 1.09. The molecule has 4 heterocycles. The van der Waals surface area contributed by atoms with Crippen LogP contribution in [0.25, 0.3) is 0 Å². The molecule has 0 radical (unpaired) electrons. The fourth-order valence-electron chi connectivity index (χ4n) is 4.59. The summed E-state index contributed by atoms with van der Waals surface area (Å²) in [5, 5.41) is 3.16. The third kappa shape index (κ3) is 4.00. The van der Waals surface area contributed by atoms with E-state index in [0.29, 0.717) is 26.1 Å². The number of aromatic nitrogens is 2. The summed E-state index contributed by atoms with van der Waals surface area (Å²) in [4.78, 5) is 25.5. The molecule has 0 spiro atoms. The molecule has 1 amide bonds. The molecular weight excluding hydrogens is 404 g/mol. The van der Waals surface area contributed by atoms with E-state index < -0.39 is 6.61 Å². The first-order valence-corrected chi connectivity index (χ1v) is 10.4. The lowest BCUT2D eigenvalue weighted by Crippen LogP contribution is -2.48. The molecule has 1 fully saturated rings. The molecule has 2 aliphatic rings. The number of amides is 1. The van der Waals surface area contributed by atoms with Crippen molar-refractivity contribution in [3.05, 3.63) is 40.7 Å². The van der Waals surface area contributed by atoms with Gasteiger partial charge in [-0.2, -0.15) is 8.78 Å². The van der Waals surface area contributed by atoms with Crippen LogP contribution in [0.1, 0.15) is 41.8 Å². The van der Waals surface area contributed by atoms with Gasteiger partial charge in [-0.05, 0) is 38.0 Å². The minimum atomic E-state index is -2.90. The van der Waals surface area contributed by atoms with Gasteiger partial charge in [0.2, 0.25) is 11.8 Å². The lowest BCUT2D eigenvalue weighted by molar-refractivity contribution is -0.134. The van der Waals surface area contributed by atoms with Gasteiger partial charge in [0.1, 0.15) is 5.82 Å². The third-order valence-electron chi connectivity index (χ3n) is 6.32. The lowest BCUT2D eigenvalue weighted by Gasteiger charge is -2.41. The van der Waals surface area contributed by atoms with Crippen LogP contribution in [-0.2, 0) is 11.3 Å². The Hall–Kier alpha value is -2.97. The number of carbonyl (C=O) groups excluding carboxylic acids is 1. The van der Waals surface area contributed by atoms with Gasteiger partial charge in [-0.15, -0.1) is 0 Å². The second kappa shape index (κ2) is 8.28. The summed E-state index contributed by atoms with van der Waals surface area (Å²) in [6.45, 7) is 5.19. The van der Waals surface area contributed by atoms with Gasteiger partial charge < -0.3 is 19.9 Å². The first kappa shape index (κ1) is 21.3. The number of halogens is 2. The van der Waals surface area contributed by atoms with Crippen molar-refractivity contribution in [3.8, 4) is 5.88 Å². The first-order chi connectivity index (χ1) is 14.8. The molecule has 1 atom stereocenters. The molecule has 1 unspecified atom stereocenters. The van der Waals surface area contributed by atoms with E-state index in [1.165, 1.54) is 17.8 Å². The molecule has 0 saturated carbocycles. The van der Waals surface area contributed by atoms with E-state index in [9.17, 15) is 13.6 Å². The van der Waals surface area contributed by atoms with Crippen LogP contribution in [0.5, 0.6) is 5.88 Å². The van der Waals surface area contributed by atoms with Crippen LogP contribution < -0.4 is 15.0 Å². The minimum absolute atomic E-state index is 0.0155. The van der Waals surface area contributed by atoms with Crippen molar-refractivity contribution < 1.29 is 18.3 Å². The zero-order valence-electron chi connectivity index (χ0n) is 18.2. The molecule has 4 rings (SSSR count). The Bertz CT molecular complexity index is 994. The number of nitrogens with one attached hydrogen (secondary N) is 1. The first-order valence-electron chi connectivity index (χ1n) is 10.4. The smallest absolute Gasteiger partial charge is 0.388 e. The Morgan fingerprint density at radius 1 is 1.35 bits per heavy atom.